The van der Waals surface area contributed by atoms with Gasteiger partial charge in [-0.2, -0.15) is 18.2 Å². The lowest BCUT2D eigenvalue weighted by Crippen LogP contribution is -2.61. The molecular weight excluding hydrogens is 762 g/mol. The highest BCUT2D eigenvalue weighted by Crippen LogP contribution is 2.43. The number of ketones is 1. The Kier molecular flexibility index (Phi) is 10.1. The minimum atomic E-state index is -4.81. The quantitative estimate of drug-likeness (QED) is 0.183. The lowest BCUT2D eigenvalue weighted by molar-refractivity contribution is -0.142. The Bertz CT molecular complexity index is 2280. The van der Waals surface area contributed by atoms with Gasteiger partial charge in [0.15, 0.2) is 5.78 Å². The molecule has 1 aromatic heterocycles. The van der Waals surface area contributed by atoms with Gasteiger partial charge in [-0.05, 0) is 79.8 Å². The number of rotatable bonds is 9. The second kappa shape index (κ2) is 15.1. The Labute approximate surface area is 329 Å². The SMILES string of the molecule is CNC(=O)c1ccccc1Nc1nc(Nc2ccc(CN3CC4(CCN(C5C=C6C(=O)N(C7CCC(=O)NC7=O)CC6=CC5=O)CC4)C3)c(F)c2)ncc1C(F)(F)F. The van der Waals surface area contributed by atoms with Gasteiger partial charge in [0.05, 0.1) is 17.3 Å². The number of likely N-dealkylation sites (tertiary alicyclic amines) is 3. The van der Waals surface area contributed by atoms with Crippen LogP contribution in [0.1, 0.15) is 47.2 Å². The van der Waals surface area contributed by atoms with Crippen LogP contribution in [0.2, 0.25) is 0 Å². The number of piperidine rings is 2. The van der Waals surface area contributed by atoms with Crippen molar-refractivity contribution in [2.45, 2.75) is 50.5 Å². The van der Waals surface area contributed by atoms with Crippen molar-refractivity contribution in [3.05, 3.63) is 94.5 Å². The molecule has 2 atom stereocenters. The topological polar surface area (TPSA) is 169 Å². The molecule has 1 aliphatic carbocycles. The third-order valence-electron chi connectivity index (χ3n) is 11.5. The minimum absolute atomic E-state index is 0.0125. The van der Waals surface area contributed by atoms with Crippen LogP contribution in [0, 0.1) is 11.2 Å². The van der Waals surface area contributed by atoms with Crippen molar-refractivity contribution >= 4 is 52.6 Å². The van der Waals surface area contributed by atoms with Gasteiger partial charge >= 0.3 is 6.18 Å². The normalized spacial score (nSPS) is 22.2. The van der Waals surface area contributed by atoms with Crippen LogP contribution in [0.15, 0.2) is 72.0 Å². The number of aromatic nitrogens is 2. The summed E-state index contributed by atoms with van der Waals surface area (Å²) in [5.41, 5.74) is 0.753. The average molecular weight is 802 g/mol. The number of fused-ring (bicyclic) bond motifs is 1. The first-order valence-corrected chi connectivity index (χ1v) is 18.9. The van der Waals surface area contributed by atoms with Crippen molar-refractivity contribution in [2.75, 3.05) is 50.4 Å². The summed E-state index contributed by atoms with van der Waals surface area (Å²) in [6.07, 6.45) is 1.06. The van der Waals surface area contributed by atoms with Crippen molar-refractivity contribution < 1.29 is 41.5 Å². The number of amides is 4. The first-order chi connectivity index (χ1) is 27.7. The van der Waals surface area contributed by atoms with Gasteiger partial charge in [-0.25, -0.2) is 9.37 Å². The van der Waals surface area contributed by atoms with Gasteiger partial charge in [-0.3, -0.25) is 39.1 Å². The molecule has 5 heterocycles. The van der Waals surface area contributed by atoms with E-state index in [1.165, 1.54) is 36.2 Å². The third kappa shape index (κ3) is 7.56. The lowest BCUT2D eigenvalue weighted by atomic mass is 9.71. The number of benzene rings is 2. The highest BCUT2D eigenvalue weighted by molar-refractivity contribution is 6.11. The van der Waals surface area contributed by atoms with Gasteiger partial charge in [-0.1, -0.05) is 18.2 Å². The number of alkyl halides is 3. The Hall–Kier alpha value is -6.01. The molecule has 58 heavy (non-hydrogen) atoms. The molecule has 8 rings (SSSR count). The number of anilines is 4. The molecule has 3 aromatic rings. The van der Waals surface area contributed by atoms with Crippen LogP contribution in [-0.4, -0.2) is 106 Å². The Morgan fingerprint density at radius 2 is 1.79 bits per heavy atom. The van der Waals surface area contributed by atoms with Crippen molar-refractivity contribution in [2.24, 2.45) is 5.41 Å². The maximum absolute atomic E-state index is 15.4. The van der Waals surface area contributed by atoms with Crippen LogP contribution in [0.4, 0.5) is 40.7 Å². The maximum Gasteiger partial charge on any atom is 0.421 e. The number of para-hydroxylation sites is 1. The van der Waals surface area contributed by atoms with Crippen molar-refractivity contribution in [3.63, 3.8) is 0 Å². The fourth-order valence-corrected chi connectivity index (χ4v) is 8.48. The van der Waals surface area contributed by atoms with E-state index in [0.717, 1.165) is 25.9 Å². The number of hydrogen-bond donors (Lipinski definition) is 4. The van der Waals surface area contributed by atoms with Gasteiger partial charge in [0, 0.05) is 62.7 Å². The molecule has 4 fully saturated rings. The number of nitrogens with zero attached hydrogens (tertiary/aromatic N) is 5. The van der Waals surface area contributed by atoms with Crippen LogP contribution in [0.25, 0.3) is 0 Å². The predicted octanol–water partition coefficient (Wildman–Crippen LogP) is 3.83. The van der Waals surface area contributed by atoms with E-state index in [1.54, 1.807) is 30.3 Å². The number of carbonyl (C=O) groups excluding carboxylic acids is 5. The van der Waals surface area contributed by atoms with Crippen LogP contribution < -0.4 is 21.3 Å². The van der Waals surface area contributed by atoms with Crippen LogP contribution in [-0.2, 0) is 31.9 Å². The molecule has 1 spiro atoms. The number of nitrogens with one attached hydrogen (secondary N) is 4. The van der Waals surface area contributed by atoms with Gasteiger partial charge < -0.3 is 20.9 Å². The van der Waals surface area contributed by atoms with Crippen molar-refractivity contribution in [3.8, 4) is 0 Å². The molecule has 4 aliphatic heterocycles. The van der Waals surface area contributed by atoms with Crippen molar-refractivity contribution in [1.29, 1.82) is 0 Å². The summed E-state index contributed by atoms with van der Waals surface area (Å²) in [6, 6.07) is 9.13. The summed E-state index contributed by atoms with van der Waals surface area (Å²) in [5, 5.41) is 10.1. The summed E-state index contributed by atoms with van der Waals surface area (Å²) in [4.78, 5) is 76.4. The lowest BCUT2D eigenvalue weighted by Gasteiger charge is -2.54. The molecule has 0 saturated carbocycles. The highest BCUT2D eigenvalue weighted by Gasteiger charge is 2.48. The zero-order chi connectivity index (χ0) is 40.9. The molecule has 302 valence electrons. The van der Waals surface area contributed by atoms with E-state index < -0.39 is 47.3 Å². The monoisotopic (exact) mass is 801 g/mol. The maximum atomic E-state index is 15.4. The standard InChI is InChI=1S/C40H39F4N9O5/c1-45-35(56)25-4-2-3-5-29(25)48-34-27(40(42,43)44)17-46-38(50-34)47-24-7-6-22(28(41)15-24)18-51-20-39(21-51)10-12-52(13-11-39)31-16-26-23(14-32(31)54)19-53(37(26)58)30-8-9-33(55)49-36(30)57/h2-7,14-17,30-31H,8-13,18-21H2,1H3,(H,45,56)(H,49,55,57)(H2,46,47,48,50). The molecule has 14 nitrogen and oxygen atoms in total. The molecule has 4 saturated heterocycles. The van der Waals surface area contributed by atoms with E-state index in [2.05, 4.69) is 41.0 Å². The molecular formula is C40H39F4N9O5. The molecule has 0 bridgehead atoms. The number of carbonyl (C=O) groups is 5. The smallest absolute Gasteiger partial charge is 0.355 e. The molecule has 2 unspecified atom stereocenters. The second-order valence-electron chi connectivity index (χ2n) is 15.3. The molecule has 2 aromatic carbocycles. The van der Waals surface area contributed by atoms with Crippen LogP contribution in [0.3, 0.4) is 0 Å². The fraction of sp³-hybridized carbons (Fsp3) is 0.375. The van der Waals surface area contributed by atoms with E-state index in [-0.39, 0.29) is 65.3 Å². The summed E-state index contributed by atoms with van der Waals surface area (Å²) in [6.45, 7) is 3.25. The number of hydrogen-bond acceptors (Lipinski definition) is 11. The van der Waals surface area contributed by atoms with Gasteiger partial charge in [-0.15, -0.1) is 0 Å². The van der Waals surface area contributed by atoms with Gasteiger partial charge in [0.1, 0.15) is 23.2 Å². The van der Waals surface area contributed by atoms with E-state index >= 15 is 4.39 Å². The first-order valence-electron chi connectivity index (χ1n) is 18.9. The Morgan fingerprint density at radius 3 is 2.50 bits per heavy atom. The van der Waals surface area contributed by atoms with Crippen LogP contribution >= 0.6 is 0 Å². The van der Waals surface area contributed by atoms with E-state index in [0.29, 0.717) is 42.5 Å². The molecule has 4 amide bonds. The zero-order valence-corrected chi connectivity index (χ0v) is 31.3. The third-order valence-corrected chi connectivity index (χ3v) is 11.5. The molecule has 0 radical (unpaired) electrons. The van der Waals surface area contributed by atoms with E-state index in [9.17, 15) is 37.1 Å². The Morgan fingerprint density at radius 1 is 1.03 bits per heavy atom. The first kappa shape index (κ1) is 38.8. The molecule has 4 N–H and O–H groups in total. The Balaban J connectivity index is 0.863. The van der Waals surface area contributed by atoms with E-state index in [4.69, 9.17) is 0 Å². The molecule has 5 aliphatic rings. The highest BCUT2D eigenvalue weighted by atomic mass is 19.4. The van der Waals surface area contributed by atoms with E-state index in [1.807, 2.05) is 0 Å². The fourth-order valence-electron chi connectivity index (χ4n) is 8.48. The van der Waals surface area contributed by atoms with Crippen LogP contribution in [0.5, 0.6) is 0 Å². The summed E-state index contributed by atoms with van der Waals surface area (Å²) in [5.74, 6) is -3.12. The van der Waals surface area contributed by atoms with Gasteiger partial charge in [0.2, 0.25) is 17.8 Å². The summed E-state index contributed by atoms with van der Waals surface area (Å²) >= 11 is 0. The second-order valence-corrected chi connectivity index (χ2v) is 15.3. The number of imide groups is 1. The summed E-state index contributed by atoms with van der Waals surface area (Å²) in [7, 11) is 1.40. The summed E-state index contributed by atoms with van der Waals surface area (Å²) < 4.78 is 57.1. The largest absolute Gasteiger partial charge is 0.421 e. The molecule has 18 heteroatoms. The zero-order valence-electron chi connectivity index (χ0n) is 31.3. The predicted molar refractivity (Wildman–Crippen MR) is 201 cm³/mol. The van der Waals surface area contributed by atoms with Crippen molar-refractivity contribution in [1.82, 2.24) is 35.3 Å². The average Bonchev–Trinajstić information content (AvgIpc) is 3.48. The minimum Gasteiger partial charge on any atom is -0.355 e. The number of halogens is 4. The van der Waals surface area contributed by atoms with Gasteiger partial charge in [0.25, 0.3) is 11.8 Å².